The SMILES string of the molecule is CC1CCC(OCc2ccccc2)(C(F)(F)F)c2nnc(o2)-c2nc(c(C(F)(F)F)cc2N)Oc2cc(F)cc1c2. The van der Waals surface area contributed by atoms with E-state index in [1.807, 2.05) is 0 Å². The maximum absolute atomic E-state index is 14.9. The van der Waals surface area contributed by atoms with Gasteiger partial charge in [-0.2, -0.15) is 26.3 Å². The van der Waals surface area contributed by atoms with Crippen molar-refractivity contribution in [3.05, 3.63) is 83.0 Å². The molecule has 6 bridgehead atoms. The standard InChI is InChI=1S/C27H21F7N4O3/c1-14-7-8-25(27(32,33)34,39-13-15-5-3-2-4-6-15)24-38-37-23(41-24)21-20(35)12-19(26(29,30)31)22(36-21)40-18-10-16(14)9-17(28)11-18/h2-6,9-12,14H,7-8,13,35H2,1H3. The van der Waals surface area contributed by atoms with Crippen LogP contribution in [0.15, 0.2) is 59.0 Å². The second-order valence-electron chi connectivity index (χ2n) is 9.55. The fourth-order valence-electron chi connectivity index (χ4n) is 4.44. The molecule has 0 radical (unpaired) electrons. The summed E-state index contributed by atoms with van der Waals surface area (Å²) in [7, 11) is 0. The number of rotatable bonds is 3. The van der Waals surface area contributed by atoms with Crippen LogP contribution in [0, 0.1) is 5.82 Å². The van der Waals surface area contributed by atoms with Crippen LogP contribution in [0.5, 0.6) is 11.6 Å². The molecule has 2 aromatic carbocycles. The molecule has 14 heteroatoms. The fourth-order valence-corrected chi connectivity index (χ4v) is 4.44. The lowest BCUT2D eigenvalue weighted by Crippen LogP contribution is -2.45. The van der Waals surface area contributed by atoms with Gasteiger partial charge in [0.15, 0.2) is 5.69 Å². The highest BCUT2D eigenvalue weighted by molar-refractivity contribution is 5.68. The molecule has 1 aliphatic heterocycles. The Bertz CT molecular complexity index is 1560. The number of nitrogens with zero attached hydrogens (tertiary/aromatic N) is 3. The van der Waals surface area contributed by atoms with Gasteiger partial charge in [0.1, 0.15) is 17.1 Å². The minimum absolute atomic E-state index is 0.173. The normalized spacial score (nSPS) is 19.4. The summed E-state index contributed by atoms with van der Waals surface area (Å²) >= 11 is 0. The Morgan fingerprint density at radius 3 is 2.44 bits per heavy atom. The van der Waals surface area contributed by atoms with Gasteiger partial charge in [0.2, 0.25) is 11.5 Å². The summed E-state index contributed by atoms with van der Waals surface area (Å²) in [6, 6.07) is 11.7. The molecule has 1 aliphatic rings. The van der Waals surface area contributed by atoms with Gasteiger partial charge in [-0.1, -0.05) is 37.3 Å². The summed E-state index contributed by atoms with van der Waals surface area (Å²) in [5, 5.41) is 7.21. The molecule has 5 rings (SSSR count). The number of hydrogen-bond donors (Lipinski definition) is 1. The van der Waals surface area contributed by atoms with Crippen LogP contribution in [-0.4, -0.2) is 21.4 Å². The van der Waals surface area contributed by atoms with E-state index in [4.69, 9.17) is 19.6 Å². The van der Waals surface area contributed by atoms with Gasteiger partial charge in [-0.15, -0.1) is 10.2 Å². The zero-order valence-electron chi connectivity index (χ0n) is 21.2. The highest BCUT2D eigenvalue weighted by atomic mass is 19.4. The number of alkyl halides is 6. The Balaban J connectivity index is 1.72. The first-order chi connectivity index (χ1) is 19.3. The van der Waals surface area contributed by atoms with E-state index in [1.165, 1.54) is 13.0 Å². The van der Waals surface area contributed by atoms with Gasteiger partial charge in [0, 0.05) is 6.07 Å². The number of hydrogen-bond acceptors (Lipinski definition) is 7. The quantitative estimate of drug-likeness (QED) is 0.249. The van der Waals surface area contributed by atoms with Crippen molar-refractivity contribution in [1.82, 2.24) is 15.2 Å². The minimum Gasteiger partial charge on any atom is -0.438 e. The molecule has 2 aromatic heterocycles. The van der Waals surface area contributed by atoms with Crippen LogP contribution < -0.4 is 10.5 Å². The van der Waals surface area contributed by atoms with Crippen molar-refractivity contribution in [2.45, 2.75) is 50.2 Å². The molecule has 0 spiro atoms. The van der Waals surface area contributed by atoms with Gasteiger partial charge in [-0.25, -0.2) is 9.37 Å². The van der Waals surface area contributed by atoms with Crippen LogP contribution >= 0.6 is 0 Å². The van der Waals surface area contributed by atoms with Gasteiger partial charge >= 0.3 is 12.4 Å². The molecule has 2 atom stereocenters. The Hall–Kier alpha value is -4.20. The Morgan fingerprint density at radius 2 is 1.76 bits per heavy atom. The molecule has 7 nitrogen and oxygen atoms in total. The molecule has 4 aromatic rings. The average molecular weight is 582 g/mol. The Morgan fingerprint density at radius 1 is 1.02 bits per heavy atom. The van der Waals surface area contributed by atoms with E-state index in [1.54, 1.807) is 30.3 Å². The Labute approximate surface area is 228 Å². The summed E-state index contributed by atoms with van der Waals surface area (Å²) < 4.78 is 117. The van der Waals surface area contributed by atoms with Crippen molar-refractivity contribution in [3.63, 3.8) is 0 Å². The molecule has 41 heavy (non-hydrogen) atoms. The van der Waals surface area contributed by atoms with E-state index in [0.717, 1.165) is 12.1 Å². The van der Waals surface area contributed by atoms with Gasteiger partial charge in [0.05, 0.1) is 12.3 Å². The van der Waals surface area contributed by atoms with Crippen molar-refractivity contribution in [1.29, 1.82) is 0 Å². The van der Waals surface area contributed by atoms with Gasteiger partial charge in [0.25, 0.3) is 11.8 Å². The molecule has 0 fully saturated rings. The van der Waals surface area contributed by atoms with Crippen molar-refractivity contribution in [2.24, 2.45) is 0 Å². The van der Waals surface area contributed by atoms with E-state index < -0.39 is 77.3 Å². The van der Waals surface area contributed by atoms with Crippen LogP contribution in [-0.2, 0) is 23.1 Å². The van der Waals surface area contributed by atoms with E-state index >= 15 is 0 Å². The molecular formula is C27H21F7N4O3. The van der Waals surface area contributed by atoms with Gasteiger partial charge < -0.3 is 19.6 Å². The molecule has 0 aliphatic carbocycles. The number of nitrogens with two attached hydrogens (primary N) is 1. The number of halogens is 7. The average Bonchev–Trinajstić information content (AvgIpc) is 3.38. The van der Waals surface area contributed by atoms with E-state index in [9.17, 15) is 30.7 Å². The zero-order valence-corrected chi connectivity index (χ0v) is 21.2. The van der Waals surface area contributed by atoms with Crippen LogP contribution in [0.4, 0.5) is 36.4 Å². The van der Waals surface area contributed by atoms with Gasteiger partial charge in [-0.3, -0.25) is 0 Å². The maximum atomic E-state index is 14.9. The number of fused-ring (bicyclic) bond motifs is 7. The van der Waals surface area contributed by atoms with E-state index in [2.05, 4.69) is 15.2 Å². The highest BCUT2D eigenvalue weighted by Crippen LogP contribution is 2.48. The first-order valence-corrected chi connectivity index (χ1v) is 12.2. The molecule has 216 valence electrons. The minimum atomic E-state index is -5.09. The summed E-state index contributed by atoms with van der Waals surface area (Å²) in [4.78, 5) is 3.77. The Kier molecular flexibility index (Phi) is 7.14. The summed E-state index contributed by atoms with van der Waals surface area (Å²) in [6.45, 7) is 1.04. The summed E-state index contributed by atoms with van der Waals surface area (Å²) in [5.74, 6) is -4.70. The second-order valence-corrected chi connectivity index (χ2v) is 9.55. The number of anilines is 1. The number of aromatic nitrogens is 3. The zero-order chi connectivity index (χ0) is 29.6. The van der Waals surface area contributed by atoms with Crippen LogP contribution in [0.25, 0.3) is 11.6 Å². The molecule has 3 heterocycles. The maximum Gasteiger partial charge on any atom is 0.426 e. The lowest BCUT2D eigenvalue weighted by atomic mass is 9.88. The first kappa shape index (κ1) is 28.3. The fraction of sp³-hybridized carbons (Fsp3) is 0.296. The lowest BCUT2D eigenvalue weighted by Gasteiger charge is -2.33. The predicted octanol–water partition coefficient (Wildman–Crippen LogP) is 7.54. The van der Waals surface area contributed by atoms with E-state index in [-0.39, 0.29) is 17.7 Å². The van der Waals surface area contributed by atoms with Crippen molar-refractivity contribution >= 4 is 5.69 Å². The second kappa shape index (κ2) is 10.3. The molecular weight excluding hydrogens is 561 g/mol. The molecule has 0 amide bonds. The topological polar surface area (TPSA) is 96.3 Å². The molecule has 0 saturated heterocycles. The third kappa shape index (κ3) is 5.56. The number of ether oxygens (including phenoxy) is 2. The first-order valence-electron chi connectivity index (χ1n) is 12.2. The summed E-state index contributed by atoms with van der Waals surface area (Å²) in [6.07, 6.45) is -11.0. The molecule has 2 unspecified atom stereocenters. The smallest absolute Gasteiger partial charge is 0.426 e. The van der Waals surface area contributed by atoms with Crippen molar-refractivity contribution in [2.75, 3.05) is 5.73 Å². The number of benzene rings is 2. The lowest BCUT2D eigenvalue weighted by molar-refractivity contribution is -0.300. The molecule has 2 N–H and O–H groups in total. The van der Waals surface area contributed by atoms with Crippen LogP contribution in [0.2, 0.25) is 0 Å². The third-order valence-electron chi connectivity index (χ3n) is 6.69. The number of nitrogen functional groups attached to an aromatic ring is 1. The summed E-state index contributed by atoms with van der Waals surface area (Å²) in [5.41, 5.74) is 0.677. The predicted molar refractivity (Wildman–Crippen MR) is 130 cm³/mol. The van der Waals surface area contributed by atoms with Crippen LogP contribution in [0.3, 0.4) is 0 Å². The third-order valence-corrected chi connectivity index (χ3v) is 6.69. The van der Waals surface area contributed by atoms with Gasteiger partial charge in [-0.05, 0) is 48.1 Å². The molecule has 0 saturated carbocycles. The highest BCUT2D eigenvalue weighted by Gasteiger charge is 2.61. The van der Waals surface area contributed by atoms with Crippen molar-refractivity contribution in [3.8, 4) is 23.2 Å². The van der Waals surface area contributed by atoms with Crippen LogP contribution in [0.1, 0.15) is 48.3 Å². The largest absolute Gasteiger partial charge is 0.438 e. The number of pyridine rings is 1. The van der Waals surface area contributed by atoms with E-state index in [0.29, 0.717) is 11.6 Å². The van der Waals surface area contributed by atoms with Crippen molar-refractivity contribution < 1.29 is 44.6 Å². The monoisotopic (exact) mass is 582 g/mol.